The Kier molecular flexibility index (Phi) is 5.14. The van der Waals surface area contributed by atoms with E-state index in [9.17, 15) is 18.0 Å². The largest absolute Gasteiger partial charge is 0.416 e. The summed E-state index contributed by atoms with van der Waals surface area (Å²) in [6.07, 6.45) is -2.58. The zero-order chi connectivity index (χ0) is 19.9. The van der Waals surface area contributed by atoms with Gasteiger partial charge < -0.3 is 10.6 Å². The lowest BCUT2D eigenvalue weighted by atomic mass is 9.92. The molecule has 4 rings (SSSR count). The van der Waals surface area contributed by atoms with Crippen molar-refractivity contribution < 1.29 is 18.0 Å². The van der Waals surface area contributed by atoms with Gasteiger partial charge in [0, 0.05) is 33.9 Å². The highest BCUT2D eigenvalue weighted by atomic mass is 32.2. The first-order valence-electron chi connectivity index (χ1n) is 9.35. The monoisotopic (exact) mass is 406 g/mol. The van der Waals surface area contributed by atoms with E-state index in [1.165, 1.54) is 17.8 Å². The van der Waals surface area contributed by atoms with Gasteiger partial charge in [-0.25, -0.2) is 0 Å². The lowest BCUT2D eigenvalue weighted by Crippen LogP contribution is -2.40. The molecule has 148 valence electrons. The Labute approximate surface area is 166 Å². The Bertz CT molecular complexity index is 913. The molecular formula is C21H21F3N2OS. The van der Waals surface area contributed by atoms with E-state index in [1.807, 2.05) is 31.2 Å². The molecule has 1 amide bonds. The van der Waals surface area contributed by atoms with E-state index in [0.717, 1.165) is 28.6 Å². The van der Waals surface area contributed by atoms with Crippen molar-refractivity contribution in [1.29, 1.82) is 0 Å². The van der Waals surface area contributed by atoms with Gasteiger partial charge >= 0.3 is 6.18 Å². The normalized spacial score (nSPS) is 21.6. The molecule has 0 saturated carbocycles. The van der Waals surface area contributed by atoms with E-state index in [-0.39, 0.29) is 23.6 Å². The van der Waals surface area contributed by atoms with Crippen molar-refractivity contribution in [3.05, 3.63) is 53.1 Å². The molecule has 2 N–H and O–H groups in total. The molecule has 2 unspecified atom stereocenters. The Morgan fingerprint density at radius 2 is 2.00 bits per heavy atom. The number of piperidine rings is 1. The van der Waals surface area contributed by atoms with E-state index in [1.54, 1.807) is 0 Å². The number of fused-ring (bicyclic) bond motifs is 2. The van der Waals surface area contributed by atoms with Crippen LogP contribution in [0.1, 0.15) is 36.5 Å². The average molecular weight is 406 g/mol. The Morgan fingerprint density at radius 3 is 2.75 bits per heavy atom. The molecule has 0 spiro atoms. The first kappa shape index (κ1) is 19.3. The highest BCUT2D eigenvalue weighted by molar-refractivity contribution is 7.99. The number of hydrogen-bond acceptors (Lipinski definition) is 3. The van der Waals surface area contributed by atoms with Gasteiger partial charge in [-0.15, -0.1) is 0 Å². The van der Waals surface area contributed by atoms with Gasteiger partial charge in [0.05, 0.1) is 5.56 Å². The van der Waals surface area contributed by atoms with Gasteiger partial charge in [-0.2, -0.15) is 13.2 Å². The predicted octanol–water partition coefficient (Wildman–Crippen LogP) is 5.09. The number of anilines is 1. The maximum Gasteiger partial charge on any atom is 0.416 e. The van der Waals surface area contributed by atoms with Crippen LogP contribution in [-0.2, 0) is 17.4 Å². The standard InChI is InChI=1S/C21H21F3N2OS/c1-12-8-14(6-7-25-12)20(27)26-17-10-15(21(22,23)24)11-19-16(17)9-13-4-2-3-5-18(13)28-19/h2-5,10-12,14,25H,6-9H2,1H3,(H,26,27). The smallest absolute Gasteiger partial charge is 0.326 e. The number of carbonyl (C=O) groups excluding carboxylic acids is 1. The van der Waals surface area contributed by atoms with E-state index < -0.39 is 11.7 Å². The van der Waals surface area contributed by atoms with Gasteiger partial charge in [-0.3, -0.25) is 4.79 Å². The average Bonchev–Trinajstić information content (AvgIpc) is 2.65. The fourth-order valence-corrected chi connectivity index (χ4v) is 5.00. The third kappa shape index (κ3) is 3.91. The Hall–Kier alpha value is -1.99. The molecule has 0 aliphatic carbocycles. The van der Waals surface area contributed by atoms with Gasteiger partial charge in [0.1, 0.15) is 0 Å². The van der Waals surface area contributed by atoms with Crippen LogP contribution in [0.5, 0.6) is 0 Å². The molecule has 2 aromatic carbocycles. The van der Waals surface area contributed by atoms with Gasteiger partial charge in [0.25, 0.3) is 0 Å². The summed E-state index contributed by atoms with van der Waals surface area (Å²) in [5.41, 5.74) is 1.37. The highest BCUT2D eigenvalue weighted by Gasteiger charge is 2.34. The lowest BCUT2D eigenvalue weighted by molar-refractivity contribution is -0.137. The second-order valence-corrected chi connectivity index (χ2v) is 8.53. The Balaban J connectivity index is 1.69. The van der Waals surface area contributed by atoms with Crippen LogP contribution in [-0.4, -0.2) is 18.5 Å². The zero-order valence-corrected chi connectivity index (χ0v) is 16.2. The van der Waals surface area contributed by atoms with Crippen molar-refractivity contribution in [3.8, 4) is 0 Å². The van der Waals surface area contributed by atoms with Gasteiger partial charge in [0.2, 0.25) is 5.91 Å². The molecule has 1 saturated heterocycles. The molecule has 2 atom stereocenters. The first-order valence-corrected chi connectivity index (χ1v) is 10.2. The summed E-state index contributed by atoms with van der Waals surface area (Å²) >= 11 is 1.33. The Morgan fingerprint density at radius 1 is 1.21 bits per heavy atom. The van der Waals surface area contributed by atoms with Crippen molar-refractivity contribution in [1.82, 2.24) is 5.32 Å². The quantitative estimate of drug-likeness (QED) is 0.623. The number of amides is 1. The van der Waals surface area contributed by atoms with Gasteiger partial charge in [-0.05, 0) is 55.6 Å². The number of rotatable bonds is 2. The minimum absolute atomic E-state index is 0.190. The second kappa shape index (κ2) is 7.44. The van der Waals surface area contributed by atoms with Crippen molar-refractivity contribution in [3.63, 3.8) is 0 Å². The summed E-state index contributed by atoms with van der Waals surface area (Å²) in [7, 11) is 0. The third-order valence-corrected chi connectivity index (χ3v) is 6.55. The van der Waals surface area contributed by atoms with Crippen LogP contribution in [0.3, 0.4) is 0 Å². The summed E-state index contributed by atoms with van der Waals surface area (Å²) in [5.74, 6) is -0.385. The second-order valence-electron chi connectivity index (χ2n) is 7.45. The molecule has 28 heavy (non-hydrogen) atoms. The van der Waals surface area contributed by atoms with Crippen molar-refractivity contribution in [2.24, 2.45) is 5.92 Å². The maximum absolute atomic E-state index is 13.4. The molecule has 2 heterocycles. The predicted molar refractivity (Wildman–Crippen MR) is 104 cm³/mol. The van der Waals surface area contributed by atoms with Crippen LogP contribution >= 0.6 is 11.8 Å². The fourth-order valence-electron chi connectivity index (χ4n) is 3.86. The fraction of sp³-hybridized carbons (Fsp3) is 0.381. The SMILES string of the molecule is CC1CC(C(=O)Nc2cc(C(F)(F)F)cc3c2Cc2ccccc2S3)CCN1. The van der Waals surface area contributed by atoms with Crippen molar-refractivity contribution in [2.75, 3.05) is 11.9 Å². The molecule has 0 aromatic heterocycles. The van der Waals surface area contributed by atoms with Crippen LogP contribution in [0.15, 0.2) is 46.2 Å². The number of benzene rings is 2. The number of alkyl halides is 3. The van der Waals surface area contributed by atoms with E-state index >= 15 is 0 Å². The molecule has 2 aliphatic heterocycles. The van der Waals surface area contributed by atoms with E-state index in [2.05, 4.69) is 10.6 Å². The summed E-state index contributed by atoms with van der Waals surface area (Å²) in [5, 5.41) is 6.11. The maximum atomic E-state index is 13.4. The molecule has 3 nitrogen and oxygen atoms in total. The molecule has 7 heteroatoms. The van der Waals surface area contributed by atoms with Crippen molar-refractivity contribution >= 4 is 23.4 Å². The van der Waals surface area contributed by atoms with Crippen LogP contribution < -0.4 is 10.6 Å². The lowest BCUT2D eigenvalue weighted by Gasteiger charge is -2.28. The minimum atomic E-state index is -4.46. The van der Waals surface area contributed by atoms with E-state index in [4.69, 9.17) is 0 Å². The summed E-state index contributed by atoms with van der Waals surface area (Å²) < 4.78 is 40.3. The van der Waals surface area contributed by atoms with Crippen LogP contribution in [0, 0.1) is 5.92 Å². The number of hydrogen-bond donors (Lipinski definition) is 2. The van der Waals surface area contributed by atoms with Crippen LogP contribution in [0.4, 0.5) is 18.9 Å². The molecule has 2 aromatic rings. The molecule has 0 bridgehead atoms. The molecular weight excluding hydrogens is 385 g/mol. The number of nitrogens with one attached hydrogen (secondary N) is 2. The molecule has 1 fully saturated rings. The summed E-state index contributed by atoms with van der Waals surface area (Å²) in [6.45, 7) is 2.75. The summed E-state index contributed by atoms with van der Waals surface area (Å²) in [4.78, 5) is 14.3. The zero-order valence-electron chi connectivity index (χ0n) is 15.4. The van der Waals surface area contributed by atoms with E-state index in [0.29, 0.717) is 24.2 Å². The van der Waals surface area contributed by atoms with Gasteiger partial charge in [0.15, 0.2) is 0 Å². The van der Waals surface area contributed by atoms with Crippen molar-refractivity contribution in [2.45, 2.75) is 48.2 Å². The molecule has 2 aliphatic rings. The number of carbonyl (C=O) groups is 1. The summed E-state index contributed by atoms with van der Waals surface area (Å²) in [6, 6.07) is 10.2. The van der Waals surface area contributed by atoms with Crippen LogP contribution in [0.25, 0.3) is 0 Å². The topological polar surface area (TPSA) is 41.1 Å². The third-order valence-electron chi connectivity index (χ3n) is 5.35. The molecule has 0 radical (unpaired) electrons. The first-order chi connectivity index (χ1) is 13.3. The van der Waals surface area contributed by atoms with Gasteiger partial charge in [-0.1, -0.05) is 30.0 Å². The number of halogens is 3. The highest BCUT2D eigenvalue weighted by Crippen LogP contribution is 2.45. The van der Waals surface area contributed by atoms with Crippen LogP contribution in [0.2, 0.25) is 0 Å². The minimum Gasteiger partial charge on any atom is -0.326 e.